The number of halogens is 1. The van der Waals surface area contributed by atoms with E-state index < -0.39 is 0 Å². The van der Waals surface area contributed by atoms with Crippen molar-refractivity contribution in [2.75, 3.05) is 0 Å². The van der Waals surface area contributed by atoms with E-state index in [1.54, 1.807) is 35.2 Å². The molecular weight excluding hydrogens is 381 g/mol. The number of ether oxygens (including phenoxy) is 1. The monoisotopic (exact) mass is 403 g/mol. The third-order valence-corrected chi connectivity index (χ3v) is 5.07. The fraction of sp³-hybridized carbons (Fsp3) is 0.292. The molecule has 0 amide bonds. The lowest BCUT2D eigenvalue weighted by molar-refractivity contribution is 0.294. The second-order valence-corrected chi connectivity index (χ2v) is 7.45. The van der Waals surface area contributed by atoms with Gasteiger partial charge in [0.15, 0.2) is 5.82 Å². The Morgan fingerprint density at radius 1 is 1.23 bits per heavy atom. The second kappa shape index (κ2) is 8.50. The van der Waals surface area contributed by atoms with Gasteiger partial charge in [-0.1, -0.05) is 17.9 Å². The molecule has 0 saturated heterocycles. The first-order chi connectivity index (χ1) is 14.5. The van der Waals surface area contributed by atoms with Crippen molar-refractivity contribution in [2.24, 2.45) is 5.92 Å². The number of aryl methyl sites for hydroxylation is 1. The molecule has 1 aliphatic carbocycles. The van der Waals surface area contributed by atoms with Gasteiger partial charge in [-0.3, -0.25) is 4.79 Å². The van der Waals surface area contributed by atoms with Gasteiger partial charge in [0.25, 0.3) is 5.56 Å². The summed E-state index contributed by atoms with van der Waals surface area (Å²) in [5, 5.41) is 0. The van der Waals surface area contributed by atoms with Gasteiger partial charge in [-0.15, -0.1) is 0 Å². The summed E-state index contributed by atoms with van der Waals surface area (Å²) >= 11 is 0. The molecule has 1 aromatic carbocycles. The number of nitrogens with zero attached hydrogens (tertiary/aromatic N) is 3. The number of hydrogen-bond acceptors (Lipinski definition) is 4. The maximum atomic E-state index is 14.5. The van der Waals surface area contributed by atoms with Gasteiger partial charge in [0.1, 0.15) is 18.2 Å². The first-order valence-corrected chi connectivity index (χ1v) is 9.94. The average molecular weight is 403 g/mol. The highest BCUT2D eigenvalue weighted by molar-refractivity contribution is 5.39. The lowest BCUT2D eigenvalue weighted by atomic mass is 10.0. The third-order valence-electron chi connectivity index (χ3n) is 5.07. The van der Waals surface area contributed by atoms with Crippen LogP contribution in [0.5, 0.6) is 5.75 Å². The van der Waals surface area contributed by atoms with E-state index >= 15 is 0 Å². The van der Waals surface area contributed by atoms with Crippen molar-refractivity contribution in [1.29, 1.82) is 0 Å². The van der Waals surface area contributed by atoms with Crippen LogP contribution in [-0.4, -0.2) is 14.5 Å². The van der Waals surface area contributed by atoms with Crippen LogP contribution in [0, 0.1) is 30.5 Å². The summed E-state index contributed by atoms with van der Waals surface area (Å²) in [6.07, 6.45) is 5.48. The molecule has 1 saturated carbocycles. The predicted octanol–water partition coefficient (Wildman–Crippen LogP) is 4.04. The number of pyridine rings is 1. The van der Waals surface area contributed by atoms with Crippen LogP contribution in [0.4, 0.5) is 4.39 Å². The fourth-order valence-corrected chi connectivity index (χ4v) is 3.26. The Kier molecular flexibility index (Phi) is 5.62. The third kappa shape index (κ3) is 4.57. The van der Waals surface area contributed by atoms with Crippen LogP contribution in [0.15, 0.2) is 53.6 Å². The van der Waals surface area contributed by atoms with E-state index in [1.807, 2.05) is 19.9 Å². The number of aromatic nitrogens is 3. The Bertz CT molecular complexity index is 1170. The Hall–Kier alpha value is -3.46. The maximum Gasteiger partial charge on any atom is 0.254 e. The molecule has 0 spiro atoms. The van der Waals surface area contributed by atoms with Gasteiger partial charge in [-0.2, -0.15) is 0 Å². The number of rotatable bonds is 5. The molecule has 30 heavy (non-hydrogen) atoms. The molecule has 6 heteroatoms. The molecule has 0 radical (unpaired) electrons. The zero-order valence-corrected chi connectivity index (χ0v) is 16.9. The largest absolute Gasteiger partial charge is 0.485 e. The van der Waals surface area contributed by atoms with Crippen molar-refractivity contribution in [3.8, 4) is 17.6 Å². The van der Waals surface area contributed by atoms with Crippen LogP contribution in [0.1, 0.15) is 48.5 Å². The second-order valence-electron chi connectivity index (χ2n) is 7.45. The van der Waals surface area contributed by atoms with Crippen LogP contribution in [0.25, 0.3) is 0 Å². The van der Waals surface area contributed by atoms with Crippen molar-refractivity contribution in [1.82, 2.24) is 14.5 Å². The fourth-order valence-electron chi connectivity index (χ4n) is 3.26. The molecule has 3 aromatic rings. The lowest BCUT2D eigenvalue weighted by Crippen LogP contribution is -2.25. The van der Waals surface area contributed by atoms with Crippen molar-refractivity contribution < 1.29 is 9.13 Å². The van der Waals surface area contributed by atoms with E-state index in [-0.39, 0.29) is 24.0 Å². The van der Waals surface area contributed by atoms with Gasteiger partial charge in [-0.05, 0) is 56.5 Å². The van der Waals surface area contributed by atoms with Crippen LogP contribution >= 0.6 is 0 Å². The summed E-state index contributed by atoms with van der Waals surface area (Å²) in [4.78, 5) is 21.0. The summed E-state index contributed by atoms with van der Waals surface area (Å²) in [6.45, 7) is 3.88. The minimum absolute atomic E-state index is 0.174. The standard InChI is InChI=1S/C24H22FN3O2/c1-16-12-21(30-15-23-26-10-3-11-27-23)14-24(29)28(16)17(2)20-9-8-19(22(25)13-20)7-6-18-4-5-18/h3,8-14,17-18H,4-5,15H2,1-2H3/t17-/m1/s1. The predicted molar refractivity (Wildman–Crippen MR) is 112 cm³/mol. The smallest absolute Gasteiger partial charge is 0.254 e. The molecule has 2 aromatic heterocycles. The molecule has 1 atom stereocenters. The van der Waals surface area contributed by atoms with Crippen molar-refractivity contribution in [2.45, 2.75) is 39.3 Å². The molecular formula is C24H22FN3O2. The number of benzene rings is 1. The van der Waals surface area contributed by atoms with Crippen LogP contribution in [-0.2, 0) is 6.61 Å². The molecule has 1 fully saturated rings. The molecule has 1 aliphatic rings. The SMILES string of the molecule is Cc1cc(OCc2ncccn2)cc(=O)n1[C@H](C)c1ccc(C#CC2CC2)c(F)c1. The van der Waals surface area contributed by atoms with E-state index in [1.165, 1.54) is 12.1 Å². The van der Waals surface area contributed by atoms with Crippen LogP contribution in [0.2, 0.25) is 0 Å². The molecule has 5 nitrogen and oxygen atoms in total. The number of hydrogen-bond donors (Lipinski definition) is 0. The van der Waals surface area contributed by atoms with E-state index in [0.29, 0.717) is 28.6 Å². The summed E-state index contributed by atoms with van der Waals surface area (Å²) in [6, 6.07) is 9.59. The average Bonchev–Trinajstić information content (AvgIpc) is 3.56. The normalized spacial score (nSPS) is 14.0. The Morgan fingerprint density at radius 3 is 2.67 bits per heavy atom. The van der Waals surface area contributed by atoms with E-state index in [2.05, 4.69) is 21.8 Å². The molecule has 0 N–H and O–H groups in total. The first kappa shape index (κ1) is 19.8. The van der Waals surface area contributed by atoms with Crippen molar-refractivity contribution >= 4 is 0 Å². The Balaban J connectivity index is 1.53. The summed E-state index contributed by atoms with van der Waals surface area (Å²) < 4.78 is 21.8. The highest BCUT2D eigenvalue weighted by atomic mass is 19.1. The van der Waals surface area contributed by atoms with Gasteiger partial charge < -0.3 is 9.30 Å². The molecule has 152 valence electrons. The molecule has 2 heterocycles. The zero-order valence-electron chi connectivity index (χ0n) is 16.9. The Morgan fingerprint density at radius 2 is 2.00 bits per heavy atom. The lowest BCUT2D eigenvalue weighted by Gasteiger charge is -2.19. The van der Waals surface area contributed by atoms with Crippen molar-refractivity contribution in [3.05, 3.63) is 87.6 Å². The summed E-state index contributed by atoms with van der Waals surface area (Å²) in [5.74, 6) is 7.03. The van der Waals surface area contributed by atoms with Crippen molar-refractivity contribution in [3.63, 3.8) is 0 Å². The minimum atomic E-state index is -0.360. The van der Waals surface area contributed by atoms with Gasteiger partial charge in [0, 0.05) is 30.1 Å². The van der Waals surface area contributed by atoms with Crippen LogP contribution < -0.4 is 10.3 Å². The molecule has 4 rings (SSSR count). The van der Waals surface area contributed by atoms with Gasteiger partial charge in [0.2, 0.25) is 0 Å². The molecule has 0 aliphatic heterocycles. The topological polar surface area (TPSA) is 57.0 Å². The van der Waals surface area contributed by atoms with Crippen LogP contribution in [0.3, 0.4) is 0 Å². The van der Waals surface area contributed by atoms with E-state index in [0.717, 1.165) is 18.5 Å². The highest BCUT2D eigenvalue weighted by Gasteiger charge is 2.18. The quantitative estimate of drug-likeness (QED) is 0.604. The first-order valence-electron chi connectivity index (χ1n) is 9.94. The molecule has 0 unspecified atom stereocenters. The summed E-state index contributed by atoms with van der Waals surface area (Å²) in [5.41, 5.74) is 1.61. The van der Waals surface area contributed by atoms with Gasteiger partial charge >= 0.3 is 0 Å². The highest BCUT2D eigenvalue weighted by Crippen LogP contribution is 2.28. The van der Waals surface area contributed by atoms with E-state index in [4.69, 9.17) is 4.74 Å². The minimum Gasteiger partial charge on any atom is -0.485 e. The maximum absolute atomic E-state index is 14.5. The summed E-state index contributed by atoms with van der Waals surface area (Å²) in [7, 11) is 0. The zero-order chi connectivity index (χ0) is 21.1. The van der Waals surface area contributed by atoms with Gasteiger partial charge in [-0.25, -0.2) is 14.4 Å². The Labute approximate surface area is 174 Å². The van der Waals surface area contributed by atoms with E-state index in [9.17, 15) is 9.18 Å². The van der Waals surface area contributed by atoms with Gasteiger partial charge in [0.05, 0.1) is 11.6 Å². The molecule has 0 bridgehead atoms.